The van der Waals surface area contributed by atoms with Crippen LogP contribution < -0.4 is 10.8 Å². The SMILES string of the molecule is CC(C)(C)ONC(=O)CCOC1CCNCC1. The van der Waals surface area contributed by atoms with E-state index in [1.807, 2.05) is 20.8 Å². The van der Waals surface area contributed by atoms with E-state index < -0.39 is 0 Å². The molecule has 1 aliphatic heterocycles. The van der Waals surface area contributed by atoms with Crippen LogP contribution in [0.3, 0.4) is 0 Å². The summed E-state index contributed by atoms with van der Waals surface area (Å²) in [4.78, 5) is 16.6. The Morgan fingerprint density at radius 2 is 2.00 bits per heavy atom. The van der Waals surface area contributed by atoms with E-state index in [9.17, 15) is 4.79 Å². The van der Waals surface area contributed by atoms with Crippen LogP contribution in [0.5, 0.6) is 0 Å². The first kappa shape index (κ1) is 14.4. The molecule has 0 aromatic carbocycles. The van der Waals surface area contributed by atoms with Crippen molar-refractivity contribution in [1.82, 2.24) is 10.8 Å². The molecule has 1 fully saturated rings. The minimum absolute atomic E-state index is 0.131. The normalized spacial score (nSPS) is 18.1. The van der Waals surface area contributed by atoms with Crippen molar-refractivity contribution in [2.75, 3.05) is 19.7 Å². The van der Waals surface area contributed by atoms with E-state index in [0.717, 1.165) is 25.9 Å². The lowest BCUT2D eigenvalue weighted by Gasteiger charge is -2.23. The average molecular weight is 244 g/mol. The minimum Gasteiger partial charge on any atom is -0.378 e. The van der Waals surface area contributed by atoms with E-state index >= 15 is 0 Å². The predicted molar refractivity (Wildman–Crippen MR) is 65.4 cm³/mol. The molecule has 0 aromatic heterocycles. The summed E-state index contributed by atoms with van der Waals surface area (Å²) in [5.41, 5.74) is 2.07. The van der Waals surface area contributed by atoms with Gasteiger partial charge in [0.1, 0.15) is 0 Å². The Balaban J connectivity index is 2.03. The highest BCUT2D eigenvalue weighted by atomic mass is 16.7. The van der Waals surface area contributed by atoms with Crippen molar-refractivity contribution < 1.29 is 14.4 Å². The maximum absolute atomic E-state index is 11.4. The predicted octanol–water partition coefficient (Wildman–Crippen LogP) is 0.991. The van der Waals surface area contributed by atoms with Gasteiger partial charge in [0.2, 0.25) is 5.91 Å². The molecule has 0 spiro atoms. The molecule has 5 nitrogen and oxygen atoms in total. The molecule has 0 unspecified atom stereocenters. The van der Waals surface area contributed by atoms with Gasteiger partial charge in [0.25, 0.3) is 0 Å². The quantitative estimate of drug-likeness (QED) is 0.708. The van der Waals surface area contributed by atoms with Crippen LogP contribution in [0, 0.1) is 0 Å². The van der Waals surface area contributed by atoms with E-state index in [4.69, 9.17) is 9.57 Å². The average Bonchev–Trinajstić information content (AvgIpc) is 2.27. The fourth-order valence-corrected chi connectivity index (χ4v) is 1.54. The highest BCUT2D eigenvalue weighted by Crippen LogP contribution is 2.07. The molecular formula is C12H24N2O3. The Morgan fingerprint density at radius 1 is 1.35 bits per heavy atom. The third kappa shape index (κ3) is 7.31. The summed E-state index contributed by atoms with van der Waals surface area (Å²) in [6.45, 7) is 8.13. The minimum atomic E-state index is -0.356. The first-order chi connectivity index (χ1) is 7.97. The maximum Gasteiger partial charge on any atom is 0.245 e. The fourth-order valence-electron chi connectivity index (χ4n) is 1.54. The second-order valence-electron chi connectivity index (χ2n) is 5.31. The number of hydroxylamine groups is 1. The second kappa shape index (κ2) is 6.93. The zero-order valence-electron chi connectivity index (χ0n) is 11.0. The molecule has 1 heterocycles. The smallest absolute Gasteiger partial charge is 0.245 e. The van der Waals surface area contributed by atoms with Crippen molar-refractivity contribution in [1.29, 1.82) is 0 Å². The second-order valence-corrected chi connectivity index (χ2v) is 5.31. The molecule has 1 rings (SSSR count). The standard InChI is InChI=1S/C12H24N2O3/c1-12(2,3)17-14-11(15)6-9-16-10-4-7-13-8-5-10/h10,13H,4-9H2,1-3H3,(H,14,15). The van der Waals surface area contributed by atoms with E-state index in [1.54, 1.807) is 0 Å². The summed E-state index contributed by atoms with van der Waals surface area (Å²) in [5, 5.41) is 3.27. The van der Waals surface area contributed by atoms with Gasteiger partial charge in [0, 0.05) is 0 Å². The number of carbonyl (C=O) groups excluding carboxylic acids is 1. The van der Waals surface area contributed by atoms with Gasteiger partial charge in [0.05, 0.1) is 24.7 Å². The van der Waals surface area contributed by atoms with E-state index in [-0.39, 0.29) is 11.5 Å². The van der Waals surface area contributed by atoms with Gasteiger partial charge in [0.15, 0.2) is 0 Å². The first-order valence-electron chi connectivity index (χ1n) is 6.26. The van der Waals surface area contributed by atoms with Crippen molar-refractivity contribution in [3.8, 4) is 0 Å². The van der Waals surface area contributed by atoms with Crippen LogP contribution in [-0.4, -0.2) is 37.3 Å². The molecule has 0 aromatic rings. The number of nitrogens with one attached hydrogen (secondary N) is 2. The summed E-state index contributed by atoms with van der Waals surface area (Å²) in [5.74, 6) is -0.131. The van der Waals surface area contributed by atoms with Crippen molar-refractivity contribution in [2.45, 2.75) is 51.7 Å². The zero-order chi connectivity index (χ0) is 12.7. The van der Waals surface area contributed by atoms with Crippen molar-refractivity contribution in [3.05, 3.63) is 0 Å². The van der Waals surface area contributed by atoms with E-state index in [2.05, 4.69) is 10.8 Å². The van der Waals surface area contributed by atoms with Gasteiger partial charge in [-0.15, -0.1) is 0 Å². The zero-order valence-corrected chi connectivity index (χ0v) is 11.0. The van der Waals surface area contributed by atoms with Crippen LogP contribution in [0.1, 0.15) is 40.0 Å². The summed E-state index contributed by atoms with van der Waals surface area (Å²) >= 11 is 0. The first-order valence-corrected chi connectivity index (χ1v) is 6.26. The van der Waals surface area contributed by atoms with Gasteiger partial charge in [-0.3, -0.25) is 9.63 Å². The number of hydrogen-bond donors (Lipinski definition) is 2. The monoisotopic (exact) mass is 244 g/mol. The maximum atomic E-state index is 11.4. The number of rotatable bonds is 5. The topological polar surface area (TPSA) is 59.6 Å². The van der Waals surface area contributed by atoms with Gasteiger partial charge >= 0.3 is 0 Å². The van der Waals surface area contributed by atoms with Gasteiger partial charge in [-0.05, 0) is 46.7 Å². The highest BCUT2D eigenvalue weighted by Gasteiger charge is 2.15. The number of hydrogen-bond acceptors (Lipinski definition) is 4. The lowest BCUT2D eigenvalue weighted by atomic mass is 10.1. The highest BCUT2D eigenvalue weighted by molar-refractivity contribution is 5.74. The van der Waals surface area contributed by atoms with Crippen molar-refractivity contribution in [2.24, 2.45) is 0 Å². The van der Waals surface area contributed by atoms with Gasteiger partial charge < -0.3 is 10.1 Å². The number of piperidine rings is 1. The molecule has 0 saturated carbocycles. The number of ether oxygens (including phenoxy) is 1. The van der Waals surface area contributed by atoms with Crippen molar-refractivity contribution in [3.63, 3.8) is 0 Å². The third-order valence-electron chi connectivity index (χ3n) is 2.44. The summed E-state index contributed by atoms with van der Waals surface area (Å²) in [6, 6.07) is 0. The van der Waals surface area contributed by atoms with E-state index in [0.29, 0.717) is 19.1 Å². The number of carbonyl (C=O) groups is 1. The van der Waals surface area contributed by atoms with Crippen LogP contribution >= 0.6 is 0 Å². The van der Waals surface area contributed by atoms with Crippen LogP contribution in [0.2, 0.25) is 0 Å². The van der Waals surface area contributed by atoms with Crippen LogP contribution in [0.15, 0.2) is 0 Å². The Labute approximate surface area is 103 Å². The molecule has 17 heavy (non-hydrogen) atoms. The van der Waals surface area contributed by atoms with Crippen LogP contribution in [-0.2, 0) is 14.4 Å². The molecule has 0 radical (unpaired) electrons. The molecule has 0 aliphatic carbocycles. The lowest BCUT2D eigenvalue weighted by Crippen LogP contribution is -2.35. The van der Waals surface area contributed by atoms with E-state index in [1.165, 1.54) is 0 Å². The summed E-state index contributed by atoms with van der Waals surface area (Å²) < 4.78 is 5.63. The third-order valence-corrected chi connectivity index (χ3v) is 2.44. The van der Waals surface area contributed by atoms with Crippen LogP contribution in [0.4, 0.5) is 0 Å². The molecule has 100 valence electrons. The van der Waals surface area contributed by atoms with Gasteiger partial charge in [-0.1, -0.05) is 0 Å². The fraction of sp³-hybridized carbons (Fsp3) is 0.917. The molecule has 5 heteroatoms. The van der Waals surface area contributed by atoms with Crippen LogP contribution in [0.25, 0.3) is 0 Å². The summed E-state index contributed by atoms with van der Waals surface area (Å²) in [6.07, 6.45) is 2.70. The molecule has 0 atom stereocenters. The Morgan fingerprint density at radius 3 is 2.59 bits per heavy atom. The molecular weight excluding hydrogens is 220 g/mol. The molecule has 1 saturated heterocycles. The Kier molecular flexibility index (Phi) is 5.88. The molecule has 1 aliphatic rings. The van der Waals surface area contributed by atoms with Crippen molar-refractivity contribution >= 4 is 5.91 Å². The summed E-state index contributed by atoms with van der Waals surface area (Å²) in [7, 11) is 0. The van der Waals surface area contributed by atoms with Gasteiger partial charge in [-0.2, -0.15) is 0 Å². The van der Waals surface area contributed by atoms with Gasteiger partial charge in [-0.25, -0.2) is 5.48 Å². The lowest BCUT2D eigenvalue weighted by molar-refractivity contribution is -0.147. The molecule has 1 amide bonds. The Hall–Kier alpha value is -0.650. The largest absolute Gasteiger partial charge is 0.378 e. The number of amides is 1. The molecule has 0 bridgehead atoms. The Bertz CT molecular complexity index is 232. The molecule has 2 N–H and O–H groups in total.